The number of hydrogen-bond acceptors (Lipinski definition) is 3. The van der Waals surface area contributed by atoms with Crippen molar-refractivity contribution in [3.05, 3.63) is 28.8 Å². The normalized spacial score (nSPS) is 21.1. The second kappa shape index (κ2) is 6.43. The molecule has 0 spiro atoms. The van der Waals surface area contributed by atoms with Crippen LogP contribution in [-0.2, 0) is 16.4 Å². The molecule has 4 nitrogen and oxygen atoms in total. The number of nitrogens with zero attached hydrogens (tertiary/aromatic N) is 1. The summed E-state index contributed by atoms with van der Waals surface area (Å²) in [5.74, 6) is 0. The van der Waals surface area contributed by atoms with Crippen molar-refractivity contribution < 1.29 is 8.42 Å². The van der Waals surface area contributed by atoms with Gasteiger partial charge >= 0.3 is 0 Å². The summed E-state index contributed by atoms with van der Waals surface area (Å²) in [6.45, 7) is 5.70. The summed E-state index contributed by atoms with van der Waals surface area (Å²) >= 11 is 6.12. The van der Waals surface area contributed by atoms with Crippen molar-refractivity contribution in [3.63, 3.8) is 0 Å². The molecule has 6 heteroatoms. The first-order valence-corrected chi connectivity index (χ1v) is 8.79. The van der Waals surface area contributed by atoms with Crippen LogP contribution >= 0.6 is 11.6 Å². The van der Waals surface area contributed by atoms with E-state index in [1.807, 2.05) is 13.0 Å². The number of aryl methyl sites for hydroxylation is 1. The maximum absolute atomic E-state index is 12.7. The van der Waals surface area contributed by atoms with E-state index in [4.69, 9.17) is 11.6 Å². The Bertz CT molecular complexity index is 575. The van der Waals surface area contributed by atoms with E-state index in [2.05, 4.69) is 12.2 Å². The zero-order valence-corrected chi connectivity index (χ0v) is 13.5. The number of benzene rings is 1. The van der Waals surface area contributed by atoms with E-state index in [9.17, 15) is 8.42 Å². The number of hydrogen-bond donors (Lipinski definition) is 1. The van der Waals surface area contributed by atoms with Gasteiger partial charge in [0.2, 0.25) is 10.0 Å². The quantitative estimate of drug-likeness (QED) is 0.927. The van der Waals surface area contributed by atoms with Crippen molar-refractivity contribution in [3.8, 4) is 0 Å². The highest BCUT2D eigenvalue weighted by Crippen LogP contribution is 2.27. The molecule has 1 aromatic rings. The van der Waals surface area contributed by atoms with Crippen LogP contribution in [0.15, 0.2) is 23.1 Å². The first-order valence-electron chi connectivity index (χ1n) is 6.97. The Morgan fingerprint density at radius 2 is 2.20 bits per heavy atom. The predicted octanol–water partition coefficient (Wildman–Crippen LogP) is 2.27. The Balaban J connectivity index is 2.35. The van der Waals surface area contributed by atoms with Crippen LogP contribution in [0.5, 0.6) is 0 Å². The van der Waals surface area contributed by atoms with Crippen LogP contribution in [0.2, 0.25) is 5.02 Å². The fourth-order valence-electron chi connectivity index (χ4n) is 2.44. The molecule has 1 fully saturated rings. The summed E-state index contributed by atoms with van der Waals surface area (Å²) in [4.78, 5) is 0.235. The van der Waals surface area contributed by atoms with Gasteiger partial charge in [0.25, 0.3) is 0 Å². The van der Waals surface area contributed by atoms with Crippen LogP contribution in [0.3, 0.4) is 0 Å². The van der Waals surface area contributed by atoms with E-state index in [0.717, 1.165) is 18.4 Å². The van der Waals surface area contributed by atoms with Crippen molar-refractivity contribution in [2.24, 2.45) is 0 Å². The number of nitrogens with one attached hydrogen (secondary N) is 1. The second-order valence-electron chi connectivity index (χ2n) is 5.23. The number of sulfonamides is 1. The highest BCUT2D eigenvalue weighted by Gasteiger charge is 2.30. The fourth-order valence-corrected chi connectivity index (χ4v) is 4.50. The van der Waals surface area contributed by atoms with Gasteiger partial charge in [-0.2, -0.15) is 4.31 Å². The molecule has 0 saturated carbocycles. The Labute approximate surface area is 126 Å². The zero-order chi connectivity index (χ0) is 14.8. The third-order valence-electron chi connectivity index (χ3n) is 3.48. The van der Waals surface area contributed by atoms with E-state index in [0.29, 0.717) is 24.7 Å². The third kappa shape index (κ3) is 3.34. The lowest BCUT2D eigenvalue weighted by Crippen LogP contribution is -2.51. The van der Waals surface area contributed by atoms with E-state index in [-0.39, 0.29) is 10.9 Å². The van der Waals surface area contributed by atoms with E-state index < -0.39 is 10.0 Å². The molecular weight excluding hydrogens is 296 g/mol. The van der Waals surface area contributed by atoms with Gasteiger partial charge in [0.05, 0.1) is 5.02 Å². The summed E-state index contributed by atoms with van der Waals surface area (Å²) < 4.78 is 27.0. The lowest BCUT2D eigenvalue weighted by molar-refractivity contribution is 0.310. The van der Waals surface area contributed by atoms with Crippen LogP contribution in [0.25, 0.3) is 0 Å². The number of piperazine rings is 1. The lowest BCUT2D eigenvalue weighted by atomic mass is 10.1. The minimum absolute atomic E-state index is 0.163. The summed E-state index contributed by atoms with van der Waals surface area (Å²) in [6, 6.07) is 5.46. The van der Waals surface area contributed by atoms with Gasteiger partial charge in [-0.1, -0.05) is 31.0 Å². The van der Waals surface area contributed by atoms with Gasteiger partial charge in [0.15, 0.2) is 0 Å². The van der Waals surface area contributed by atoms with Crippen LogP contribution in [0.4, 0.5) is 0 Å². The largest absolute Gasteiger partial charge is 0.312 e. The summed E-state index contributed by atoms with van der Waals surface area (Å²) in [5.41, 5.74) is 1.01. The van der Waals surface area contributed by atoms with Gasteiger partial charge in [-0.05, 0) is 31.0 Å². The molecule has 20 heavy (non-hydrogen) atoms. The molecule has 1 heterocycles. The monoisotopic (exact) mass is 316 g/mol. The summed E-state index contributed by atoms with van der Waals surface area (Å²) in [6.07, 6.45) is 1.84. The average molecular weight is 317 g/mol. The Morgan fingerprint density at radius 3 is 2.85 bits per heavy atom. The van der Waals surface area contributed by atoms with Crippen LogP contribution in [0, 0.1) is 0 Å². The average Bonchev–Trinajstić information content (AvgIpc) is 2.41. The molecule has 0 aliphatic carbocycles. The minimum Gasteiger partial charge on any atom is -0.312 e. The van der Waals surface area contributed by atoms with E-state index >= 15 is 0 Å². The summed E-state index contributed by atoms with van der Waals surface area (Å²) in [7, 11) is -3.51. The van der Waals surface area contributed by atoms with Crippen LogP contribution < -0.4 is 5.32 Å². The van der Waals surface area contributed by atoms with E-state index in [1.165, 1.54) is 4.31 Å². The predicted molar refractivity (Wildman–Crippen MR) is 81.7 cm³/mol. The van der Waals surface area contributed by atoms with Crippen molar-refractivity contribution in [2.45, 2.75) is 37.6 Å². The molecule has 1 aliphatic heterocycles. The fraction of sp³-hybridized carbons (Fsp3) is 0.571. The zero-order valence-electron chi connectivity index (χ0n) is 11.9. The Morgan fingerprint density at radius 1 is 1.45 bits per heavy atom. The summed E-state index contributed by atoms with van der Waals surface area (Å²) in [5, 5.41) is 3.54. The Hall–Kier alpha value is -0.620. The molecule has 0 aromatic heterocycles. The molecule has 1 aliphatic rings. The SMILES string of the molecule is CCCc1ccc(Cl)c(S(=O)(=O)N2CCN[C@H](C)C2)c1. The maximum atomic E-state index is 12.7. The molecule has 1 saturated heterocycles. The van der Waals surface area contributed by atoms with E-state index in [1.54, 1.807) is 12.1 Å². The lowest BCUT2D eigenvalue weighted by Gasteiger charge is -2.31. The van der Waals surface area contributed by atoms with Crippen molar-refractivity contribution >= 4 is 21.6 Å². The minimum atomic E-state index is -3.51. The molecule has 1 atom stereocenters. The molecule has 2 rings (SSSR count). The third-order valence-corrected chi connectivity index (χ3v) is 5.83. The standard InChI is InChI=1S/C14H21ClN2O2S/c1-3-4-12-5-6-13(15)14(9-12)20(18,19)17-8-7-16-11(2)10-17/h5-6,9,11,16H,3-4,7-8,10H2,1-2H3/t11-/m1/s1. The van der Waals surface area contributed by atoms with Crippen LogP contribution in [0.1, 0.15) is 25.8 Å². The molecule has 0 radical (unpaired) electrons. The molecule has 112 valence electrons. The Kier molecular flexibility index (Phi) is 5.07. The van der Waals surface area contributed by atoms with Gasteiger partial charge in [-0.25, -0.2) is 8.42 Å². The van der Waals surface area contributed by atoms with Crippen molar-refractivity contribution in [2.75, 3.05) is 19.6 Å². The molecule has 0 unspecified atom stereocenters. The second-order valence-corrected chi connectivity index (χ2v) is 7.55. The molecule has 0 bridgehead atoms. The topological polar surface area (TPSA) is 49.4 Å². The van der Waals surface area contributed by atoms with Gasteiger partial charge in [-0.15, -0.1) is 0 Å². The van der Waals surface area contributed by atoms with Crippen molar-refractivity contribution in [1.29, 1.82) is 0 Å². The first-order chi connectivity index (χ1) is 9.45. The number of rotatable bonds is 4. The van der Waals surface area contributed by atoms with Crippen molar-refractivity contribution in [1.82, 2.24) is 9.62 Å². The molecule has 0 amide bonds. The van der Waals surface area contributed by atoms with Gasteiger partial charge < -0.3 is 5.32 Å². The number of halogens is 1. The molecular formula is C14H21ClN2O2S. The molecule has 1 N–H and O–H groups in total. The van der Waals surface area contributed by atoms with Gasteiger partial charge in [0, 0.05) is 25.7 Å². The molecule has 1 aromatic carbocycles. The first kappa shape index (κ1) is 15.8. The van der Waals surface area contributed by atoms with Gasteiger partial charge in [0.1, 0.15) is 4.90 Å². The maximum Gasteiger partial charge on any atom is 0.244 e. The smallest absolute Gasteiger partial charge is 0.244 e. The highest BCUT2D eigenvalue weighted by molar-refractivity contribution is 7.89. The van der Waals surface area contributed by atoms with Crippen LogP contribution in [-0.4, -0.2) is 38.4 Å². The highest BCUT2D eigenvalue weighted by atomic mass is 35.5. The van der Waals surface area contributed by atoms with Gasteiger partial charge in [-0.3, -0.25) is 0 Å².